The van der Waals surface area contributed by atoms with Crippen molar-refractivity contribution in [1.82, 2.24) is 14.8 Å². The van der Waals surface area contributed by atoms with Gasteiger partial charge in [0.05, 0.1) is 10.6 Å². The topological polar surface area (TPSA) is 62.5 Å². The summed E-state index contributed by atoms with van der Waals surface area (Å²) in [5.74, 6) is 0. The van der Waals surface area contributed by atoms with Crippen LogP contribution in [0.25, 0.3) is 12.2 Å². The first-order chi connectivity index (χ1) is 8.90. The lowest BCUT2D eigenvalue weighted by atomic mass is 10.2. The van der Waals surface area contributed by atoms with Crippen LogP contribution in [0.5, 0.6) is 0 Å². The molecule has 0 spiro atoms. The molecule has 0 fully saturated rings. The van der Waals surface area contributed by atoms with Crippen LogP contribution in [0.4, 0.5) is 5.69 Å². The molecular weight excluding hydrogens is 244 g/mol. The fraction of sp³-hybridized carbons (Fsp3) is 0.308. The number of pyridine rings is 1. The van der Waals surface area contributed by atoms with Crippen molar-refractivity contribution in [3.63, 3.8) is 0 Å². The molecule has 6 nitrogen and oxygen atoms in total. The standard InChI is InChI=1S/C13H18N4O2/c1-15(2)9-7-11-5-6-13(17(18)19)12(14-11)8-10-16(3)4/h5-10H,1-4H3/b9-7+,10-8+. The number of aromatic nitrogens is 1. The van der Waals surface area contributed by atoms with E-state index in [0.717, 1.165) is 0 Å². The van der Waals surface area contributed by atoms with Crippen LogP contribution in [0.15, 0.2) is 24.5 Å². The lowest BCUT2D eigenvalue weighted by Crippen LogP contribution is -2.02. The Bertz CT molecular complexity index is 507. The zero-order chi connectivity index (χ0) is 14.4. The van der Waals surface area contributed by atoms with E-state index in [-0.39, 0.29) is 5.69 Å². The molecule has 0 N–H and O–H groups in total. The normalized spacial score (nSPS) is 11.2. The van der Waals surface area contributed by atoms with E-state index in [9.17, 15) is 10.1 Å². The van der Waals surface area contributed by atoms with Crippen LogP contribution >= 0.6 is 0 Å². The number of nitro groups is 1. The van der Waals surface area contributed by atoms with E-state index in [1.54, 1.807) is 29.3 Å². The molecule has 1 heterocycles. The van der Waals surface area contributed by atoms with Crippen LogP contribution in [0.1, 0.15) is 11.4 Å². The molecule has 0 radical (unpaired) electrons. The Morgan fingerprint density at radius 1 is 1.11 bits per heavy atom. The Kier molecular flexibility index (Phi) is 5.05. The fourth-order valence-electron chi connectivity index (χ4n) is 1.30. The van der Waals surface area contributed by atoms with Gasteiger partial charge in [-0.05, 0) is 18.2 Å². The van der Waals surface area contributed by atoms with Gasteiger partial charge in [-0.1, -0.05) is 0 Å². The summed E-state index contributed by atoms with van der Waals surface area (Å²) in [5, 5.41) is 10.9. The van der Waals surface area contributed by atoms with Crippen molar-refractivity contribution in [2.45, 2.75) is 0 Å². The van der Waals surface area contributed by atoms with Gasteiger partial charge in [-0.25, -0.2) is 4.98 Å². The minimum Gasteiger partial charge on any atom is -0.383 e. The minimum absolute atomic E-state index is 0.0000954. The smallest absolute Gasteiger partial charge is 0.294 e. The van der Waals surface area contributed by atoms with Crippen molar-refractivity contribution in [3.8, 4) is 0 Å². The summed E-state index contributed by atoms with van der Waals surface area (Å²) in [5.41, 5.74) is 1.03. The van der Waals surface area contributed by atoms with E-state index >= 15 is 0 Å². The monoisotopic (exact) mass is 262 g/mol. The summed E-state index contributed by atoms with van der Waals surface area (Å²) in [6, 6.07) is 3.10. The van der Waals surface area contributed by atoms with Gasteiger partial charge in [-0.15, -0.1) is 0 Å². The number of nitrogens with zero attached hydrogens (tertiary/aromatic N) is 4. The van der Waals surface area contributed by atoms with Crippen LogP contribution in [-0.2, 0) is 0 Å². The predicted molar refractivity (Wildman–Crippen MR) is 76.3 cm³/mol. The second-order valence-corrected chi connectivity index (χ2v) is 4.46. The number of rotatable bonds is 5. The Balaban J connectivity index is 3.14. The van der Waals surface area contributed by atoms with E-state index in [1.165, 1.54) is 6.07 Å². The lowest BCUT2D eigenvalue weighted by Gasteiger charge is -2.05. The second kappa shape index (κ2) is 6.53. The zero-order valence-electron chi connectivity index (χ0n) is 11.6. The summed E-state index contributed by atoms with van der Waals surface area (Å²) in [4.78, 5) is 18.4. The van der Waals surface area contributed by atoms with Crippen molar-refractivity contribution >= 4 is 17.8 Å². The third-order valence-corrected chi connectivity index (χ3v) is 2.19. The molecule has 1 rings (SSSR count). The van der Waals surface area contributed by atoms with Gasteiger partial charge >= 0.3 is 0 Å². The van der Waals surface area contributed by atoms with Gasteiger partial charge in [0.25, 0.3) is 5.69 Å². The third kappa shape index (κ3) is 4.79. The van der Waals surface area contributed by atoms with Crippen molar-refractivity contribution in [3.05, 3.63) is 46.0 Å². The van der Waals surface area contributed by atoms with Gasteiger partial charge in [-0.3, -0.25) is 10.1 Å². The molecule has 0 amide bonds. The molecule has 1 aromatic heterocycles. The van der Waals surface area contributed by atoms with Crippen LogP contribution in [0.2, 0.25) is 0 Å². The maximum Gasteiger partial charge on any atom is 0.294 e. The maximum absolute atomic E-state index is 10.9. The predicted octanol–water partition coefficient (Wildman–Crippen LogP) is 2.05. The molecule has 1 aromatic rings. The van der Waals surface area contributed by atoms with Crippen LogP contribution in [0.3, 0.4) is 0 Å². The molecule has 0 aliphatic rings. The van der Waals surface area contributed by atoms with Gasteiger partial charge < -0.3 is 9.80 Å². The average Bonchev–Trinajstić information content (AvgIpc) is 2.33. The maximum atomic E-state index is 10.9. The zero-order valence-corrected chi connectivity index (χ0v) is 11.6. The van der Waals surface area contributed by atoms with Crippen LogP contribution in [-0.4, -0.2) is 47.9 Å². The summed E-state index contributed by atoms with van der Waals surface area (Å²) >= 11 is 0. The molecule has 0 aromatic carbocycles. The Labute approximate surface area is 112 Å². The summed E-state index contributed by atoms with van der Waals surface area (Å²) in [6.07, 6.45) is 7.00. The number of hydrogen-bond acceptors (Lipinski definition) is 5. The Hall–Kier alpha value is -2.37. The van der Waals surface area contributed by atoms with Gasteiger partial charge in [-0.2, -0.15) is 0 Å². The van der Waals surface area contributed by atoms with Crippen molar-refractivity contribution in [2.75, 3.05) is 28.2 Å². The summed E-state index contributed by atoms with van der Waals surface area (Å²) in [7, 11) is 7.49. The SMILES string of the molecule is CN(C)/C=C/c1ccc([N+](=O)[O-])c(/C=C/N(C)C)n1. The van der Waals surface area contributed by atoms with Crippen LogP contribution in [0, 0.1) is 10.1 Å². The fourth-order valence-corrected chi connectivity index (χ4v) is 1.30. The quantitative estimate of drug-likeness (QED) is 0.600. The first-order valence-electron chi connectivity index (χ1n) is 5.75. The molecule has 0 atom stereocenters. The van der Waals surface area contributed by atoms with E-state index < -0.39 is 4.92 Å². The van der Waals surface area contributed by atoms with Crippen LogP contribution < -0.4 is 0 Å². The Morgan fingerprint density at radius 2 is 1.68 bits per heavy atom. The van der Waals surface area contributed by atoms with Crippen molar-refractivity contribution in [2.24, 2.45) is 0 Å². The molecule has 102 valence electrons. The molecule has 19 heavy (non-hydrogen) atoms. The van der Waals surface area contributed by atoms with E-state index in [4.69, 9.17) is 0 Å². The minimum atomic E-state index is -0.429. The summed E-state index contributed by atoms with van der Waals surface area (Å²) < 4.78 is 0. The van der Waals surface area contributed by atoms with Crippen molar-refractivity contribution < 1.29 is 4.92 Å². The highest BCUT2D eigenvalue weighted by atomic mass is 16.6. The first kappa shape index (κ1) is 14.7. The Morgan fingerprint density at radius 3 is 2.21 bits per heavy atom. The first-order valence-corrected chi connectivity index (χ1v) is 5.75. The van der Waals surface area contributed by atoms with Gasteiger partial charge in [0.15, 0.2) is 0 Å². The molecule has 6 heteroatoms. The van der Waals surface area contributed by atoms with E-state index in [1.807, 2.05) is 39.3 Å². The van der Waals surface area contributed by atoms with E-state index in [2.05, 4.69) is 4.98 Å². The molecule has 0 bridgehead atoms. The van der Waals surface area contributed by atoms with Gasteiger partial charge in [0.1, 0.15) is 5.69 Å². The molecule has 0 aliphatic carbocycles. The molecule has 0 saturated carbocycles. The van der Waals surface area contributed by atoms with E-state index in [0.29, 0.717) is 11.4 Å². The molecular formula is C13H18N4O2. The largest absolute Gasteiger partial charge is 0.383 e. The lowest BCUT2D eigenvalue weighted by molar-refractivity contribution is -0.385. The van der Waals surface area contributed by atoms with Gasteiger partial charge in [0.2, 0.25) is 0 Å². The molecule has 0 unspecified atom stereocenters. The summed E-state index contributed by atoms with van der Waals surface area (Å²) in [6.45, 7) is 0. The second-order valence-electron chi connectivity index (χ2n) is 4.46. The highest BCUT2D eigenvalue weighted by molar-refractivity contribution is 5.59. The highest BCUT2D eigenvalue weighted by Gasteiger charge is 2.12. The number of hydrogen-bond donors (Lipinski definition) is 0. The van der Waals surface area contributed by atoms with Crippen molar-refractivity contribution in [1.29, 1.82) is 0 Å². The molecule has 0 saturated heterocycles. The molecule has 0 aliphatic heterocycles. The highest BCUT2D eigenvalue weighted by Crippen LogP contribution is 2.19. The average molecular weight is 262 g/mol. The van der Waals surface area contributed by atoms with Gasteiger partial charge in [0, 0.05) is 46.7 Å². The third-order valence-electron chi connectivity index (χ3n) is 2.19.